The molecule has 0 radical (unpaired) electrons. The topological polar surface area (TPSA) is 117 Å². The lowest BCUT2D eigenvalue weighted by Gasteiger charge is -2.24. The van der Waals surface area contributed by atoms with Crippen molar-refractivity contribution in [3.63, 3.8) is 0 Å². The van der Waals surface area contributed by atoms with Gasteiger partial charge < -0.3 is 19.9 Å². The smallest absolute Gasteiger partial charge is 0.277 e. The molecule has 2 aliphatic heterocycles. The Bertz CT molecular complexity index is 813. The van der Waals surface area contributed by atoms with Gasteiger partial charge in [0.25, 0.3) is 5.56 Å². The van der Waals surface area contributed by atoms with Crippen LogP contribution in [0.15, 0.2) is 11.1 Å². The van der Waals surface area contributed by atoms with Crippen molar-refractivity contribution in [2.45, 2.75) is 57.5 Å². The molecule has 23 heavy (non-hydrogen) atoms. The first kappa shape index (κ1) is 14.6. The van der Waals surface area contributed by atoms with E-state index in [-0.39, 0.29) is 35.1 Å². The maximum atomic E-state index is 12.2. The monoisotopic (exact) mass is 321 g/mol. The molecule has 9 heteroatoms. The predicted octanol–water partition coefficient (Wildman–Crippen LogP) is 0.529. The third-order valence-electron chi connectivity index (χ3n) is 4.32. The number of nitrogens with zero attached hydrogens (tertiary/aromatic N) is 3. The molecule has 0 aromatic carbocycles. The van der Waals surface area contributed by atoms with Crippen LogP contribution in [0, 0.1) is 0 Å². The first-order valence-electron chi connectivity index (χ1n) is 7.63. The maximum absolute atomic E-state index is 12.2. The number of anilines is 1. The minimum Gasteiger partial charge on any atom is -0.383 e. The first-order valence-corrected chi connectivity index (χ1v) is 7.63. The summed E-state index contributed by atoms with van der Waals surface area (Å²) >= 11 is 0. The third-order valence-corrected chi connectivity index (χ3v) is 4.32. The van der Waals surface area contributed by atoms with Crippen molar-refractivity contribution in [3.8, 4) is 0 Å². The maximum Gasteiger partial charge on any atom is 0.277 e. The first-order chi connectivity index (χ1) is 10.9. The van der Waals surface area contributed by atoms with Crippen LogP contribution in [-0.2, 0) is 14.2 Å². The average molecular weight is 321 g/mol. The van der Waals surface area contributed by atoms with E-state index in [2.05, 4.69) is 15.1 Å². The second-order valence-electron chi connectivity index (χ2n) is 6.31. The van der Waals surface area contributed by atoms with E-state index in [0.29, 0.717) is 5.65 Å². The third kappa shape index (κ3) is 2.07. The van der Waals surface area contributed by atoms with Gasteiger partial charge >= 0.3 is 0 Å². The zero-order valence-electron chi connectivity index (χ0n) is 13.1. The van der Waals surface area contributed by atoms with Gasteiger partial charge in [-0.3, -0.25) is 9.89 Å². The number of ether oxygens (including phenoxy) is 3. The summed E-state index contributed by atoms with van der Waals surface area (Å²) in [6, 6.07) is 0. The summed E-state index contributed by atoms with van der Waals surface area (Å²) in [4.78, 5) is 20.2. The molecule has 0 saturated carbocycles. The van der Waals surface area contributed by atoms with Crippen molar-refractivity contribution in [2.24, 2.45) is 0 Å². The number of nitrogen functional groups attached to an aromatic ring is 1. The molecule has 9 nitrogen and oxygen atoms in total. The molecule has 2 aromatic heterocycles. The quantitative estimate of drug-likeness (QED) is 0.828. The van der Waals surface area contributed by atoms with Gasteiger partial charge in [-0.2, -0.15) is 0 Å². The fraction of sp³-hybridized carbons (Fsp3) is 0.643. The van der Waals surface area contributed by atoms with Crippen LogP contribution in [0.2, 0.25) is 0 Å². The fourth-order valence-corrected chi connectivity index (χ4v) is 3.39. The normalized spacial score (nSPS) is 32.5. The van der Waals surface area contributed by atoms with Crippen molar-refractivity contribution in [1.82, 2.24) is 19.7 Å². The number of aromatic nitrogens is 4. The molecule has 0 aliphatic carbocycles. The standard InChI is InChI=1S/C14H19N5O4/c1-4-6-8-9(23-14(2,3)22-8)13(21-6)19-11-7(12(20)18-19)10(15)16-5-17-11/h5-6,8-9,13H,4H2,1-3H3,(H,18,20)(H2,15,16,17)/t6-,8-,9-,13-/m1/s1. The highest BCUT2D eigenvalue weighted by molar-refractivity contribution is 5.84. The van der Waals surface area contributed by atoms with E-state index >= 15 is 0 Å². The molecule has 4 rings (SSSR count). The Balaban J connectivity index is 1.82. The fourth-order valence-electron chi connectivity index (χ4n) is 3.39. The molecular formula is C14H19N5O4. The van der Waals surface area contributed by atoms with Gasteiger partial charge in [-0.05, 0) is 20.3 Å². The molecule has 2 aromatic rings. The van der Waals surface area contributed by atoms with Crippen molar-refractivity contribution in [3.05, 3.63) is 16.7 Å². The van der Waals surface area contributed by atoms with Crippen LogP contribution in [-0.4, -0.2) is 43.8 Å². The molecule has 0 amide bonds. The van der Waals surface area contributed by atoms with Gasteiger partial charge in [0, 0.05) is 0 Å². The van der Waals surface area contributed by atoms with E-state index in [0.717, 1.165) is 6.42 Å². The van der Waals surface area contributed by atoms with Crippen molar-refractivity contribution in [2.75, 3.05) is 5.73 Å². The van der Waals surface area contributed by atoms with E-state index in [1.807, 2.05) is 20.8 Å². The van der Waals surface area contributed by atoms with Gasteiger partial charge in [0.1, 0.15) is 29.7 Å². The van der Waals surface area contributed by atoms with Gasteiger partial charge in [-0.25, -0.2) is 14.6 Å². The van der Waals surface area contributed by atoms with Crippen molar-refractivity contribution >= 4 is 16.9 Å². The van der Waals surface area contributed by atoms with Crippen LogP contribution in [0.3, 0.4) is 0 Å². The van der Waals surface area contributed by atoms with Gasteiger partial charge in [-0.1, -0.05) is 6.92 Å². The van der Waals surface area contributed by atoms with E-state index in [1.165, 1.54) is 6.33 Å². The highest BCUT2D eigenvalue weighted by Gasteiger charge is 2.55. The van der Waals surface area contributed by atoms with E-state index < -0.39 is 12.0 Å². The number of H-pyrrole nitrogens is 1. The highest BCUT2D eigenvalue weighted by atomic mass is 16.8. The molecule has 2 saturated heterocycles. The second kappa shape index (κ2) is 4.76. The minimum absolute atomic E-state index is 0.119. The molecule has 124 valence electrons. The lowest BCUT2D eigenvalue weighted by Crippen LogP contribution is -2.29. The molecule has 2 fully saturated rings. The van der Waals surface area contributed by atoms with Crippen LogP contribution >= 0.6 is 0 Å². The minimum atomic E-state index is -0.692. The molecule has 4 heterocycles. The van der Waals surface area contributed by atoms with Crippen molar-refractivity contribution < 1.29 is 14.2 Å². The molecule has 2 aliphatic rings. The highest BCUT2D eigenvalue weighted by Crippen LogP contribution is 2.44. The summed E-state index contributed by atoms with van der Waals surface area (Å²) in [7, 11) is 0. The number of fused-ring (bicyclic) bond motifs is 2. The number of aromatic amines is 1. The van der Waals surface area contributed by atoms with Gasteiger partial charge in [-0.15, -0.1) is 0 Å². The SMILES string of the molecule is CC[C@H]1O[C@@H](n2[nH]c(=O)c3c(N)ncnc32)[C@@H]2OC(C)(C)O[C@@H]21. The summed E-state index contributed by atoms with van der Waals surface area (Å²) in [5.74, 6) is -0.553. The van der Waals surface area contributed by atoms with Crippen LogP contribution in [0.5, 0.6) is 0 Å². The number of hydrogen-bond acceptors (Lipinski definition) is 7. The molecule has 3 N–H and O–H groups in total. The van der Waals surface area contributed by atoms with E-state index in [4.69, 9.17) is 19.9 Å². The Morgan fingerprint density at radius 3 is 2.83 bits per heavy atom. The van der Waals surface area contributed by atoms with E-state index in [9.17, 15) is 4.79 Å². The molecule has 0 spiro atoms. The van der Waals surface area contributed by atoms with E-state index in [1.54, 1.807) is 4.68 Å². The number of hydrogen-bond donors (Lipinski definition) is 2. The van der Waals surface area contributed by atoms with Crippen molar-refractivity contribution in [1.29, 1.82) is 0 Å². The Morgan fingerprint density at radius 1 is 1.35 bits per heavy atom. The second-order valence-corrected chi connectivity index (χ2v) is 6.31. The summed E-state index contributed by atoms with van der Waals surface area (Å²) in [5.41, 5.74) is 5.84. The van der Waals surface area contributed by atoms with Gasteiger partial charge in [0.05, 0.1) is 6.10 Å². The van der Waals surface area contributed by atoms with Gasteiger partial charge in [0.2, 0.25) is 0 Å². The Morgan fingerprint density at radius 2 is 2.09 bits per heavy atom. The molecule has 0 unspecified atom stereocenters. The zero-order valence-corrected chi connectivity index (χ0v) is 13.1. The lowest BCUT2D eigenvalue weighted by molar-refractivity contribution is -0.197. The summed E-state index contributed by atoms with van der Waals surface area (Å²) in [6.07, 6.45) is 0.911. The van der Waals surface area contributed by atoms with Gasteiger partial charge in [0.15, 0.2) is 17.7 Å². The number of nitrogens with one attached hydrogen (secondary N) is 1. The number of rotatable bonds is 2. The Labute approximate surface area is 131 Å². The predicted molar refractivity (Wildman–Crippen MR) is 80.6 cm³/mol. The van der Waals surface area contributed by atoms with Crippen LogP contribution in [0.4, 0.5) is 5.82 Å². The Hall–Kier alpha value is -1.97. The largest absolute Gasteiger partial charge is 0.383 e. The number of nitrogens with two attached hydrogens (primary N) is 1. The van der Waals surface area contributed by atoms with Crippen LogP contribution < -0.4 is 11.3 Å². The van der Waals surface area contributed by atoms with Crippen LogP contribution in [0.25, 0.3) is 11.0 Å². The molecule has 0 bridgehead atoms. The molecule has 4 atom stereocenters. The summed E-state index contributed by atoms with van der Waals surface area (Å²) in [6.45, 7) is 5.76. The Kier molecular flexibility index (Phi) is 3.03. The zero-order chi connectivity index (χ0) is 16.4. The van der Waals surface area contributed by atoms with Crippen LogP contribution in [0.1, 0.15) is 33.4 Å². The summed E-state index contributed by atoms with van der Waals surface area (Å²) in [5, 5.41) is 2.99. The lowest BCUT2D eigenvalue weighted by atomic mass is 10.1. The average Bonchev–Trinajstić information content (AvgIpc) is 3.08. The summed E-state index contributed by atoms with van der Waals surface area (Å²) < 4.78 is 19.6. The molecular weight excluding hydrogens is 302 g/mol.